The van der Waals surface area contributed by atoms with E-state index in [1.54, 1.807) is 60.7 Å². The van der Waals surface area contributed by atoms with Crippen LogP contribution in [0.1, 0.15) is 24.5 Å². The van der Waals surface area contributed by atoms with E-state index in [0.29, 0.717) is 0 Å². The summed E-state index contributed by atoms with van der Waals surface area (Å²) in [6.07, 6.45) is -6.67. The first-order valence-electron chi connectivity index (χ1n) is 11.0. The van der Waals surface area contributed by atoms with Crippen LogP contribution in [0.2, 0.25) is 0 Å². The molecule has 0 spiro atoms. The lowest BCUT2D eigenvalue weighted by molar-refractivity contribution is -0.167. The Kier molecular flexibility index (Phi) is 8.83. The minimum absolute atomic E-state index is 0.0281. The van der Waals surface area contributed by atoms with Gasteiger partial charge in [0.2, 0.25) is 5.91 Å². The van der Waals surface area contributed by atoms with Crippen molar-refractivity contribution in [3.05, 3.63) is 71.8 Å². The molecular formula is C24H26F3N3O5. The molecule has 1 aliphatic heterocycles. The predicted molar refractivity (Wildman–Crippen MR) is 119 cm³/mol. The highest BCUT2D eigenvalue weighted by molar-refractivity contribution is 5.94. The molecule has 2 aromatic carbocycles. The van der Waals surface area contributed by atoms with Crippen molar-refractivity contribution in [1.82, 2.24) is 15.7 Å². The van der Waals surface area contributed by atoms with E-state index in [9.17, 15) is 27.6 Å². The van der Waals surface area contributed by atoms with Gasteiger partial charge in [-0.1, -0.05) is 60.7 Å². The quantitative estimate of drug-likeness (QED) is 0.494. The van der Waals surface area contributed by atoms with Crippen molar-refractivity contribution in [3.63, 3.8) is 0 Å². The maximum Gasteiger partial charge on any atom is 0.416 e. The lowest BCUT2D eigenvalue weighted by Gasteiger charge is -2.27. The van der Waals surface area contributed by atoms with Crippen LogP contribution in [0.15, 0.2) is 60.7 Å². The first kappa shape index (κ1) is 26.2. The molecule has 35 heavy (non-hydrogen) atoms. The monoisotopic (exact) mass is 493 g/mol. The molecule has 3 amide bonds. The van der Waals surface area contributed by atoms with Crippen LogP contribution in [0.25, 0.3) is 0 Å². The molecule has 2 N–H and O–H groups in total. The Morgan fingerprint density at radius 2 is 1.69 bits per heavy atom. The number of rotatable bonds is 10. The zero-order valence-corrected chi connectivity index (χ0v) is 19.0. The molecule has 11 heteroatoms. The molecule has 0 radical (unpaired) electrons. The van der Waals surface area contributed by atoms with Crippen LogP contribution in [0, 0.1) is 0 Å². The molecule has 0 aliphatic carbocycles. The molecule has 2 aromatic rings. The van der Waals surface area contributed by atoms with Crippen LogP contribution in [0.4, 0.5) is 18.0 Å². The summed E-state index contributed by atoms with van der Waals surface area (Å²) in [6.45, 7) is 1.13. The summed E-state index contributed by atoms with van der Waals surface area (Å²) in [5, 5.41) is 2.12. The maximum absolute atomic E-state index is 13.7. The molecular weight excluding hydrogens is 467 g/mol. The summed E-state index contributed by atoms with van der Waals surface area (Å²) in [7, 11) is 0. The highest BCUT2D eigenvalue weighted by Crippen LogP contribution is 2.26. The van der Waals surface area contributed by atoms with E-state index in [2.05, 4.69) is 10.8 Å². The van der Waals surface area contributed by atoms with Gasteiger partial charge in [0, 0.05) is 0 Å². The number of cyclic esters (lactones) is 1. The van der Waals surface area contributed by atoms with E-state index in [0.717, 1.165) is 16.0 Å². The van der Waals surface area contributed by atoms with E-state index >= 15 is 0 Å². The van der Waals surface area contributed by atoms with Crippen molar-refractivity contribution in [2.45, 2.75) is 50.7 Å². The summed E-state index contributed by atoms with van der Waals surface area (Å²) in [6, 6.07) is 13.4. The molecule has 0 aromatic heterocycles. The molecule has 1 aliphatic rings. The smallest absolute Gasteiger partial charge is 0.416 e. The largest absolute Gasteiger partial charge is 0.447 e. The van der Waals surface area contributed by atoms with Crippen molar-refractivity contribution in [3.8, 4) is 0 Å². The summed E-state index contributed by atoms with van der Waals surface area (Å²) in [4.78, 5) is 42.9. The van der Waals surface area contributed by atoms with Crippen molar-refractivity contribution in [2.75, 3.05) is 6.61 Å². The lowest BCUT2D eigenvalue weighted by Crippen LogP contribution is -2.54. The van der Waals surface area contributed by atoms with Gasteiger partial charge in [-0.25, -0.2) is 15.2 Å². The zero-order valence-electron chi connectivity index (χ0n) is 19.0. The van der Waals surface area contributed by atoms with Crippen LogP contribution in [0.3, 0.4) is 0 Å². The van der Waals surface area contributed by atoms with E-state index in [1.165, 1.54) is 6.92 Å². The topological polar surface area (TPSA) is 97.0 Å². The number of ether oxygens (including phenoxy) is 1. The van der Waals surface area contributed by atoms with Crippen molar-refractivity contribution in [2.24, 2.45) is 0 Å². The average Bonchev–Trinajstić information content (AvgIpc) is 3.19. The number of nitrogens with zero attached hydrogens (tertiary/aromatic N) is 1. The number of imide groups is 1. The molecule has 0 bridgehead atoms. The second kappa shape index (κ2) is 11.8. The number of alkyl halides is 3. The number of carbonyl (C=O) groups excluding carboxylic acids is 3. The minimum atomic E-state index is -4.85. The molecule has 1 heterocycles. The number of hydrogen-bond acceptors (Lipinski definition) is 6. The molecule has 3 atom stereocenters. The fraction of sp³-hybridized carbons (Fsp3) is 0.375. The van der Waals surface area contributed by atoms with Gasteiger partial charge in [0.05, 0.1) is 25.1 Å². The van der Waals surface area contributed by atoms with Crippen LogP contribution in [-0.4, -0.2) is 53.7 Å². The van der Waals surface area contributed by atoms with Crippen LogP contribution in [0.5, 0.6) is 0 Å². The second-order valence-electron chi connectivity index (χ2n) is 8.11. The van der Waals surface area contributed by atoms with Gasteiger partial charge in [-0.05, 0) is 24.5 Å². The predicted octanol–water partition coefficient (Wildman–Crippen LogP) is 3.12. The van der Waals surface area contributed by atoms with Gasteiger partial charge in [0.15, 0.2) is 0 Å². The maximum atomic E-state index is 13.7. The van der Waals surface area contributed by atoms with E-state index in [-0.39, 0.29) is 19.6 Å². The third-order valence-electron chi connectivity index (χ3n) is 5.42. The highest BCUT2D eigenvalue weighted by Gasteiger charge is 2.46. The van der Waals surface area contributed by atoms with Crippen LogP contribution in [-0.2, 0) is 32.2 Å². The molecule has 0 unspecified atom stereocenters. The summed E-state index contributed by atoms with van der Waals surface area (Å²) in [5.41, 5.74) is 3.66. The number of nitrogens with one attached hydrogen (secondary N) is 2. The molecule has 0 saturated carbocycles. The van der Waals surface area contributed by atoms with Gasteiger partial charge in [-0.15, -0.1) is 0 Å². The van der Waals surface area contributed by atoms with Gasteiger partial charge in [0.25, 0.3) is 5.91 Å². The SMILES string of the molecule is C[C@H](N[C@H](CC(=O)N1C(=O)OC[C@@H]1Cc1ccccc1)C(F)(F)F)C(=O)NOCc1ccccc1. The minimum Gasteiger partial charge on any atom is -0.447 e. The second-order valence-corrected chi connectivity index (χ2v) is 8.11. The third kappa shape index (κ3) is 7.52. The van der Waals surface area contributed by atoms with Crippen LogP contribution >= 0.6 is 0 Å². The Morgan fingerprint density at radius 3 is 2.29 bits per heavy atom. The number of hydrogen-bond donors (Lipinski definition) is 2. The molecule has 188 valence electrons. The van der Waals surface area contributed by atoms with Crippen LogP contribution < -0.4 is 10.8 Å². The normalized spacial score (nSPS) is 17.5. The Balaban J connectivity index is 1.58. The molecule has 8 nitrogen and oxygen atoms in total. The molecule has 1 fully saturated rings. The average molecular weight is 493 g/mol. The first-order valence-corrected chi connectivity index (χ1v) is 11.0. The molecule has 1 saturated heterocycles. The molecule has 3 rings (SSSR count). The van der Waals surface area contributed by atoms with E-state index in [1.807, 2.05) is 0 Å². The number of hydroxylamine groups is 1. The number of benzene rings is 2. The number of halogens is 3. The van der Waals surface area contributed by atoms with Gasteiger partial charge >= 0.3 is 12.3 Å². The lowest BCUT2D eigenvalue weighted by atomic mass is 10.0. The highest BCUT2D eigenvalue weighted by atomic mass is 19.4. The van der Waals surface area contributed by atoms with Gasteiger partial charge < -0.3 is 4.74 Å². The standard InChI is InChI=1S/C24H26F3N3O5/c1-16(22(32)29-35-14-18-10-6-3-7-11-18)28-20(24(25,26)27)13-21(31)30-19(15-34-23(30)33)12-17-8-4-2-5-9-17/h2-11,16,19-20,28H,12-15H2,1H3,(H,29,32)/t16-,19-,20+/m0/s1. The van der Waals surface area contributed by atoms with Gasteiger partial charge in [-0.2, -0.15) is 13.2 Å². The Bertz CT molecular complexity index is 1000. The first-order chi connectivity index (χ1) is 16.6. The fourth-order valence-corrected chi connectivity index (χ4v) is 3.58. The van der Waals surface area contributed by atoms with Crippen molar-refractivity contribution < 1.29 is 37.1 Å². The number of carbonyl (C=O) groups is 3. The van der Waals surface area contributed by atoms with E-state index < -0.39 is 48.6 Å². The van der Waals surface area contributed by atoms with E-state index in [4.69, 9.17) is 9.57 Å². The Morgan fingerprint density at radius 1 is 1.09 bits per heavy atom. The third-order valence-corrected chi connectivity index (χ3v) is 5.42. The Labute approximate surface area is 200 Å². The Hall–Kier alpha value is -3.44. The zero-order chi connectivity index (χ0) is 25.4. The van der Waals surface area contributed by atoms with Gasteiger partial charge in [-0.3, -0.25) is 19.7 Å². The summed E-state index contributed by atoms with van der Waals surface area (Å²) < 4.78 is 46.0. The van der Waals surface area contributed by atoms with Crippen molar-refractivity contribution in [1.29, 1.82) is 0 Å². The summed E-state index contributed by atoms with van der Waals surface area (Å²) >= 11 is 0. The van der Waals surface area contributed by atoms with Crippen molar-refractivity contribution >= 4 is 17.9 Å². The summed E-state index contributed by atoms with van der Waals surface area (Å²) in [5.74, 6) is -1.89. The number of amides is 3. The van der Waals surface area contributed by atoms with Gasteiger partial charge in [0.1, 0.15) is 12.6 Å². The fourth-order valence-electron chi connectivity index (χ4n) is 3.58.